The largest absolute Gasteiger partial charge is 0.466 e. The molecule has 4 nitrogen and oxygen atoms in total. The molecule has 0 spiro atoms. The Morgan fingerprint density at radius 2 is 1.56 bits per heavy atom. The summed E-state index contributed by atoms with van der Waals surface area (Å²) in [6.45, 7) is 4.71. The number of hydrogen-bond donors (Lipinski definition) is 1. The van der Waals surface area contributed by atoms with Crippen molar-refractivity contribution in [2.24, 2.45) is 5.92 Å². The van der Waals surface area contributed by atoms with Crippen molar-refractivity contribution < 1.29 is 14.4 Å². The van der Waals surface area contributed by atoms with Crippen molar-refractivity contribution in [1.29, 1.82) is 0 Å². The maximum atomic E-state index is 12.5. The molecule has 2 unspecified atom stereocenters. The van der Waals surface area contributed by atoms with Crippen LogP contribution in [0.4, 0.5) is 0 Å². The Balaban J connectivity index is 2.00. The average Bonchev–Trinajstić information content (AvgIpc) is 2.65. The van der Waals surface area contributed by atoms with Gasteiger partial charge in [-0.1, -0.05) is 67.6 Å². The summed E-state index contributed by atoms with van der Waals surface area (Å²) in [4.78, 5) is 18.1. The summed E-state index contributed by atoms with van der Waals surface area (Å²) in [6.07, 6.45) is 1.39. The third-order valence-electron chi connectivity index (χ3n) is 4.13. The van der Waals surface area contributed by atoms with Crippen LogP contribution in [0.15, 0.2) is 60.7 Å². The van der Waals surface area contributed by atoms with Crippen molar-refractivity contribution in [3.63, 3.8) is 0 Å². The Morgan fingerprint density at radius 1 is 0.960 bits per heavy atom. The smallest absolute Gasteiger partial charge is 0.310 e. The highest BCUT2D eigenvalue weighted by atomic mass is 16.6. The van der Waals surface area contributed by atoms with Crippen LogP contribution in [-0.2, 0) is 27.4 Å². The Bertz CT molecular complexity index is 616. The third kappa shape index (κ3) is 6.33. The lowest BCUT2D eigenvalue weighted by Gasteiger charge is -2.25. The first-order chi connectivity index (χ1) is 12.2. The molecule has 0 aromatic heterocycles. The fourth-order valence-corrected chi connectivity index (χ4v) is 2.76. The summed E-state index contributed by atoms with van der Waals surface area (Å²) in [7, 11) is 0. The van der Waals surface area contributed by atoms with E-state index in [1.165, 1.54) is 0 Å². The molecule has 0 saturated carbocycles. The minimum Gasteiger partial charge on any atom is -0.466 e. The predicted molar refractivity (Wildman–Crippen MR) is 98.7 cm³/mol. The van der Waals surface area contributed by atoms with E-state index in [9.17, 15) is 4.79 Å². The Hall–Kier alpha value is -2.17. The van der Waals surface area contributed by atoms with Gasteiger partial charge in [0.25, 0.3) is 0 Å². The van der Waals surface area contributed by atoms with Crippen LogP contribution < -0.4 is 5.48 Å². The molecule has 134 valence electrons. The monoisotopic (exact) mass is 341 g/mol. The van der Waals surface area contributed by atoms with Crippen LogP contribution in [0.1, 0.15) is 31.4 Å². The molecule has 0 amide bonds. The molecular formula is C21H27NO3. The van der Waals surface area contributed by atoms with Gasteiger partial charge >= 0.3 is 5.97 Å². The third-order valence-corrected chi connectivity index (χ3v) is 4.13. The molecule has 0 aliphatic rings. The van der Waals surface area contributed by atoms with Crippen LogP contribution in [0, 0.1) is 5.92 Å². The van der Waals surface area contributed by atoms with Gasteiger partial charge in [0, 0.05) is 6.04 Å². The van der Waals surface area contributed by atoms with Gasteiger partial charge in [0.15, 0.2) is 0 Å². The van der Waals surface area contributed by atoms with E-state index in [4.69, 9.17) is 9.57 Å². The van der Waals surface area contributed by atoms with E-state index in [1.54, 1.807) is 0 Å². The fourth-order valence-electron chi connectivity index (χ4n) is 2.76. The normalized spacial score (nSPS) is 13.2. The maximum absolute atomic E-state index is 12.5. The first kappa shape index (κ1) is 19.2. The van der Waals surface area contributed by atoms with Crippen molar-refractivity contribution in [2.45, 2.75) is 39.3 Å². The number of hydroxylamine groups is 1. The van der Waals surface area contributed by atoms with E-state index in [1.807, 2.05) is 74.5 Å². The topological polar surface area (TPSA) is 47.6 Å². The molecule has 0 heterocycles. The predicted octanol–water partition coefficient (Wildman–Crippen LogP) is 3.91. The average molecular weight is 341 g/mol. The van der Waals surface area contributed by atoms with Gasteiger partial charge in [-0.05, 0) is 30.9 Å². The molecule has 2 aromatic carbocycles. The second-order valence-corrected chi connectivity index (χ2v) is 5.96. The number of ether oxygens (including phenoxy) is 1. The van der Waals surface area contributed by atoms with Crippen LogP contribution in [0.2, 0.25) is 0 Å². The molecule has 0 saturated heterocycles. The summed E-state index contributed by atoms with van der Waals surface area (Å²) in [5, 5.41) is 0. The van der Waals surface area contributed by atoms with E-state index in [0.29, 0.717) is 19.6 Å². The number of benzene rings is 2. The van der Waals surface area contributed by atoms with E-state index >= 15 is 0 Å². The maximum Gasteiger partial charge on any atom is 0.310 e. The highest BCUT2D eigenvalue weighted by molar-refractivity contribution is 5.73. The number of carbonyl (C=O) groups excluding carboxylic acids is 1. The Labute approximate surface area is 150 Å². The van der Waals surface area contributed by atoms with E-state index < -0.39 is 0 Å². The molecule has 2 atom stereocenters. The number of hydrogen-bond acceptors (Lipinski definition) is 4. The molecule has 0 aliphatic carbocycles. The van der Waals surface area contributed by atoms with Crippen LogP contribution >= 0.6 is 0 Å². The van der Waals surface area contributed by atoms with Gasteiger partial charge in [0.2, 0.25) is 0 Å². The van der Waals surface area contributed by atoms with Crippen molar-refractivity contribution in [3.05, 3.63) is 71.8 Å². The summed E-state index contributed by atoms with van der Waals surface area (Å²) in [5.41, 5.74) is 5.28. The highest BCUT2D eigenvalue weighted by Crippen LogP contribution is 2.17. The first-order valence-corrected chi connectivity index (χ1v) is 8.86. The molecule has 1 N–H and O–H groups in total. The van der Waals surface area contributed by atoms with Gasteiger partial charge in [0.05, 0.1) is 19.1 Å². The van der Waals surface area contributed by atoms with Gasteiger partial charge < -0.3 is 4.74 Å². The van der Waals surface area contributed by atoms with Gasteiger partial charge in [0.1, 0.15) is 0 Å². The zero-order chi connectivity index (χ0) is 17.9. The lowest BCUT2D eigenvalue weighted by molar-refractivity contribution is -0.151. The summed E-state index contributed by atoms with van der Waals surface area (Å²) in [5.74, 6) is -0.475. The van der Waals surface area contributed by atoms with Crippen molar-refractivity contribution >= 4 is 5.97 Å². The van der Waals surface area contributed by atoms with Crippen LogP contribution in [-0.4, -0.2) is 18.6 Å². The second kappa shape index (κ2) is 10.6. The van der Waals surface area contributed by atoms with Crippen molar-refractivity contribution in [3.8, 4) is 0 Å². The lowest BCUT2D eigenvalue weighted by atomic mass is 9.91. The molecule has 0 aliphatic heterocycles. The second-order valence-electron chi connectivity index (χ2n) is 5.96. The van der Waals surface area contributed by atoms with Gasteiger partial charge in [-0.3, -0.25) is 9.63 Å². The summed E-state index contributed by atoms with van der Waals surface area (Å²) >= 11 is 0. The first-order valence-electron chi connectivity index (χ1n) is 8.86. The minimum absolute atomic E-state index is 0.108. The van der Waals surface area contributed by atoms with Gasteiger partial charge in [-0.25, -0.2) is 0 Å². The number of rotatable bonds is 10. The SMILES string of the molecule is CCOC(=O)C(Cc1ccccc1)C(CC)NOCc1ccccc1. The van der Waals surface area contributed by atoms with Gasteiger partial charge in [-0.15, -0.1) is 0 Å². The van der Waals surface area contributed by atoms with Crippen molar-refractivity contribution in [2.75, 3.05) is 6.61 Å². The zero-order valence-electron chi connectivity index (χ0n) is 15.0. The summed E-state index contributed by atoms with van der Waals surface area (Å²) < 4.78 is 5.29. The van der Waals surface area contributed by atoms with Crippen LogP contribution in [0.3, 0.4) is 0 Å². The Kier molecular flexibility index (Phi) is 8.16. The molecule has 25 heavy (non-hydrogen) atoms. The molecule has 4 heteroatoms. The van der Waals surface area contributed by atoms with Crippen LogP contribution in [0.25, 0.3) is 0 Å². The number of carbonyl (C=O) groups is 1. The summed E-state index contributed by atoms with van der Waals surface area (Å²) in [6, 6.07) is 19.8. The zero-order valence-corrected chi connectivity index (χ0v) is 15.0. The van der Waals surface area contributed by atoms with Gasteiger partial charge in [-0.2, -0.15) is 5.48 Å². The standard InChI is InChI=1S/C21H27NO3/c1-3-20(22-25-16-18-13-9-6-10-14-18)19(21(23)24-4-2)15-17-11-7-5-8-12-17/h5-14,19-20,22H,3-4,15-16H2,1-2H3. The molecule has 0 bridgehead atoms. The van der Waals surface area contributed by atoms with E-state index in [-0.39, 0.29) is 17.9 Å². The fraction of sp³-hybridized carbons (Fsp3) is 0.381. The quantitative estimate of drug-likeness (QED) is 0.526. The van der Waals surface area contributed by atoms with Crippen molar-refractivity contribution in [1.82, 2.24) is 5.48 Å². The lowest BCUT2D eigenvalue weighted by Crippen LogP contribution is -2.41. The van der Waals surface area contributed by atoms with E-state index in [2.05, 4.69) is 5.48 Å². The number of nitrogens with one attached hydrogen (secondary N) is 1. The number of esters is 1. The molecule has 2 rings (SSSR count). The molecule has 0 radical (unpaired) electrons. The van der Waals surface area contributed by atoms with E-state index in [0.717, 1.165) is 17.5 Å². The molecular weight excluding hydrogens is 314 g/mol. The Morgan fingerprint density at radius 3 is 2.12 bits per heavy atom. The highest BCUT2D eigenvalue weighted by Gasteiger charge is 2.29. The van der Waals surface area contributed by atoms with Crippen LogP contribution in [0.5, 0.6) is 0 Å². The minimum atomic E-state index is -0.289. The molecule has 0 fully saturated rings. The molecule has 2 aromatic rings.